The van der Waals surface area contributed by atoms with Crippen LogP contribution in [0.15, 0.2) is 48.6 Å². The third-order valence-electron chi connectivity index (χ3n) is 1.65. The Hall–Kier alpha value is -1.37. The lowest BCUT2D eigenvalue weighted by Crippen LogP contribution is -1.97. The third-order valence-corrected chi connectivity index (χ3v) is 1.65. The Morgan fingerprint density at radius 1 is 1.14 bits per heavy atom. The molecule has 0 aromatic carbocycles. The van der Waals surface area contributed by atoms with Crippen molar-refractivity contribution in [1.29, 1.82) is 5.41 Å². The molecule has 0 rings (SSSR count). The minimum Gasteiger partial charge on any atom is -0.305 e. The van der Waals surface area contributed by atoms with Gasteiger partial charge in [0, 0.05) is 5.71 Å². The predicted octanol–water partition coefficient (Wildman–Crippen LogP) is 4.30. The van der Waals surface area contributed by atoms with E-state index in [0.717, 1.165) is 16.7 Å². The molecule has 78 valence electrons. The molecule has 0 aromatic rings. The Balaban J connectivity index is 0. The van der Waals surface area contributed by atoms with Crippen molar-refractivity contribution in [3.63, 3.8) is 0 Å². The normalized spacial score (nSPS) is 11.4. The average molecular weight is 191 g/mol. The van der Waals surface area contributed by atoms with Crippen molar-refractivity contribution >= 4 is 5.71 Å². The highest BCUT2D eigenvalue weighted by Crippen LogP contribution is 2.12. The van der Waals surface area contributed by atoms with E-state index >= 15 is 0 Å². The van der Waals surface area contributed by atoms with E-state index in [4.69, 9.17) is 5.41 Å². The van der Waals surface area contributed by atoms with Gasteiger partial charge in [-0.05, 0) is 38.8 Å². The summed E-state index contributed by atoms with van der Waals surface area (Å²) in [6.07, 6.45) is 3.95. The van der Waals surface area contributed by atoms with Gasteiger partial charge in [0.05, 0.1) is 0 Å². The fraction of sp³-hybridized carbons (Fsp3) is 0.308. The molecule has 0 aliphatic heterocycles. The summed E-state index contributed by atoms with van der Waals surface area (Å²) in [6.45, 7) is 17.5. The molecule has 0 heterocycles. The molecule has 0 aromatic heterocycles. The van der Waals surface area contributed by atoms with Crippen molar-refractivity contribution in [2.75, 3.05) is 0 Å². The molecule has 1 heteroatoms. The molecule has 0 atom stereocenters. The van der Waals surface area contributed by atoms with Crippen molar-refractivity contribution in [3.05, 3.63) is 48.6 Å². The van der Waals surface area contributed by atoms with Crippen LogP contribution in [-0.2, 0) is 0 Å². The first-order chi connectivity index (χ1) is 6.49. The summed E-state index contributed by atoms with van der Waals surface area (Å²) in [7, 11) is 0. The summed E-state index contributed by atoms with van der Waals surface area (Å²) in [4.78, 5) is 0. The Morgan fingerprint density at radius 2 is 1.57 bits per heavy atom. The zero-order valence-electron chi connectivity index (χ0n) is 9.78. The maximum atomic E-state index is 7.53. The molecular weight excluding hydrogens is 170 g/mol. The lowest BCUT2D eigenvalue weighted by Gasteiger charge is -2.05. The molecule has 0 fully saturated rings. The van der Waals surface area contributed by atoms with Crippen molar-refractivity contribution in [2.45, 2.75) is 27.7 Å². The van der Waals surface area contributed by atoms with E-state index in [-0.39, 0.29) is 0 Å². The number of hydrogen-bond acceptors (Lipinski definition) is 1. The van der Waals surface area contributed by atoms with Crippen LogP contribution < -0.4 is 0 Å². The first-order valence-electron chi connectivity index (χ1n) is 4.55. The molecule has 0 saturated heterocycles. The fourth-order valence-corrected chi connectivity index (χ4v) is 0.920. The highest BCUT2D eigenvalue weighted by atomic mass is 14.4. The second-order valence-corrected chi connectivity index (χ2v) is 3.00. The van der Waals surface area contributed by atoms with Crippen LogP contribution >= 0.6 is 0 Å². The summed E-state index contributed by atoms with van der Waals surface area (Å²) >= 11 is 0. The Bertz CT molecular complexity index is 267. The van der Waals surface area contributed by atoms with E-state index in [0.29, 0.717) is 5.71 Å². The van der Waals surface area contributed by atoms with E-state index in [1.807, 2.05) is 32.9 Å². The molecule has 1 nitrogen and oxygen atoms in total. The Labute approximate surface area is 88.1 Å². The largest absolute Gasteiger partial charge is 0.305 e. The van der Waals surface area contributed by atoms with Gasteiger partial charge in [-0.15, -0.1) is 13.2 Å². The monoisotopic (exact) mass is 191 g/mol. The first kappa shape index (κ1) is 15.1. The summed E-state index contributed by atoms with van der Waals surface area (Å²) in [5.74, 6) is 0. The molecule has 0 bridgehead atoms. The second-order valence-electron chi connectivity index (χ2n) is 3.00. The lowest BCUT2D eigenvalue weighted by molar-refractivity contribution is 1.35. The molecule has 0 spiro atoms. The zero-order valence-corrected chi connectivity index (χ0v) is 9.78. The summed E-state index contributed by atoms with van der Waals surface area (Å²) in [5, 5.41) is 7.53. The van der Waals surface area contributed by atoms with Crippen LogP contribution in [0, 0.1) is 5.41 Å². The van der Waals surface area contributed by atoms with Gasteiger partial charge in [0.2, 0.25) is 0 Å². The second kappa shape index (κ2) is 8.24. The first-order valence-corrected chi connectivity index (χ1v) is 4.55. The molecule has 0 radical (unpaired) electrons. The van der Waals surface area contributed by atoms with Gasteiger partial charge in [0.25, 0.3) is 0 Å². The maximum absolute atomic E-state index is 7.53. The quantitative estimate of drug-likeness (QED) is 0.391. The maximum Gasteiger partial charge on any atom is 0.0357 e. The molecule has 0 aliphatic carbocycles. The molecule has 0 unspecified atom stereocenters. The molecule has 14 heavy (non-hydrogen) atoms. The van der Waals surface area contributed by atoms with Crippen LogP contribution in [0.25, 0.3) is 0 Å². The zero-order chi connectivity index (χ0) is 11.7. The number of nitrogens with one attached hydrogen (secondary N) is 1. The van der Waals surface area contributed by atoms with Crippen molar-refractivity contribution < 1.29 is 0 Å². The SMILES string of the molecule is C=C.C=C(C)/C=C(C(C)=N)\C(C)=C/C. The van der Waals surface area contributed by atoms with E-state index in [1.54, 1.807) is 6.92 Å². The Morgan fingerprint density at radius 3 is 1.79 bits per heavy atom. The number of hydrogen-bond donors (Lipinski definition) is 1. The van der Waals surface area contributed by atoms with E-state index in [2.05, 4.69) is 19.7 Å². The van der Waals surface area contributed by atoms with Crippen LogP contribution in [0.4, 0.5) is 0 Å². The van der Waals surface area contributed by atoms with Gasteiger partial charge in [-0.1, -0.05) is 24.3 Å². The summed E-state index contributed by atoms with van der Waals surface area (Å²) in [5.41, 5.74) is 3.68. The lowest BCUT2D eigenvalue weighted by atomic mass is 10.0. The highest BCUT2D eigenvalue weighted by Gasteiger charge is 2.00. The summed E-state index contributed by atoms with van der Waals surface area (Å²) in [6, 6.07) is 0. The standard InChI is InChI=1S/C11H17N.C2H4/c1-6-9(4)11(10(5)12)7-8(2)3;1-2/h6-7,12H,2H2,1,3-5H3;1-2H2/b9-6-,11-7+,12-10?;. The summed E-state index contributed by atoms with van der Waals surface area (Å²) < 4.78 is 0. The van der Waals surface area contributed by atoms with Gasteiger partial charge in [-0.25, -0.2) is 0 Å². The fourth-order valence-electron chi connectivity index (χ4n) is 0.920. The predicted molar refractivity (Wildman–Crippen MR) is 67.0 cm³/mol. The molecule has 1 N–H and O–H groups in total. The average Bonchev–Trinajstić information content (AvgIpc) is 2.15. The van der Waals surface area contributed by atoms with Crippen LogP contribution in [0.3, 0.4) is 0 Å². The van der Waals surface area contributed by atoms with Gasteiger partial charge in [0.1, 0.15) is 0 Å². The van der Waals surface area contributed by atoms with E-state index in [9.17, 15) is 0 Å². The van der Waals surface area contributed by atoms with Crippen LogP contribution in [0.2, 0.25) is 0 Å². The molecule has 0 aliphatic rings. The van der Waals surface area contributed by atoms with Crippen molar-refractivity contribution in [2.24, 2.45) is 0 Å². The third kappa shape index (κ3) is 6.18. The minimum absolute atomic E-state index is 0.591. The smallest absolute Gasteiger partial charge is 0.0357 e. The van der Waals surface area contributed by atoms with Gasteiger partial charge in [-0.2, -0.15) is 0 Å². The number of rotatable bonds is 3. The van der Waals surface area contributed by atoms with Crippen molar-refractivity contribution in [3.8, 4) is 0 Å². The Kier molecular flexibility index (Phi) is 8.90. The minimum atomic E-state index is 0.591. The van der Waals surface area contributed by atoms with Crippen LogP contribution in [0.1, 0.15) is 27.7 Å². The van der Waals surface area contributed by atoms with E-state index in [1.165, 1.54) is 0 Å². The van der Waals surface area contributed by atoms with Crippen LogP contribution in [0.5, 0.6) is 0 Å². The van der Waals surface area contributed by atoms with Gasteiger partial charge < -0.3 is 5.41 Å². The molecule has 0 amide bonds. The topological polar surface area (TPSA) is 23.9 Å². The van der Waals surface area contributed by atoms with Gasteiger partial charge in [0.15, 0.2) is 0 Å². The number of allylic oxidation sites excluding steroid dienone is 5. The molecular formula is C13H21N. The highest BCUT2D eigenvalue weighted by molar-refractivity contribution is 6.00. The van der Waals surface area contributed by atoms with Gasteiger partial charge in [-0.3, -0.25) is 0 Å². The molecule has 0 saturated carbocycles. The van der Waals surface area contributed by atoms with E-state index < -0.39 is 0 Å². The van der Waals surface area contributed by atoms with Crippen LogP contribution in [-0.4, -0.2) is 5.71 Å². The van der Waals surface area contributed by atoms with Crippen molar-refractivity contribution in [1.82, 2.24) is 0 Å². The van der Waals surface area contributed by atoms with Gasteiger partial charge >= 0.3 is 0 Å².